The van der Waals surface area contributed by atoms with Gasteiger partial charge >= 0.3 is 0 Å². The van der Waals surface area contributed by atoms with E-state index >= 15 is 0 Å². The fourth-order valence-electron chi connectivity index (χ4n) is 2.60. The van der Waals surface area contributed by atoms with Crippen LogP contribution in [0.1, 0.15) is 16.1 Å². The van der Waals surface area contributed by atoms with Gasteiger partial charge in [0.2, 0.25) is 0 Å². The zero-order chi connectivity index (χ0) is 18.6. The zero-order valence-corrected chi connectivity index (χ0v) is 14.2. The highest BCUT2D eigenvalue weighted by Gasteiger charge is 2.12. The van der Waals surface area contributed by atoms with Gasteiger partial charge in [-0.25, -0.2) is 4.39 Å². The molecule has 0 bridgehead atoms. The summed E-state index contributed by atoms with van der Waals surface area (Å²) < 4.78 is 18.6. The number of rotatable bonds is 6. The van der Waals surface area contributed by atoms with E-state index in [9.17, 15) is 9.18 Å². The van der Waals surface area contributed by atoms with Gasteiger partial charge in [-0.2, -0.15) is 15.3 Å². The van der Waals surface area contributed by atoms with Gasteiger partial charge < -0.3 is 5.32 Å². The van der Waals surface area contributed by atoms with E-state index in [0.717, 1.165) is 0 Å². The Morgan fingerprint density at radius 3 is 2.74 bits per heavy atom. The second-order valence-electron chi connectivity index (χ2n) is 5.90. The Kier molecular flexibility index (Phi) is 4.48. The van der Waals surface area contributed by atoms with Crippen molar-refractivity contribution in [1.29, 1.82) is 0 Å². The number of anilines is 1. The summed E-state index contributed by atoms with van der Waals surface area (Å²) in [6, 6.07) is 9.95. The van der Waals surface area contributed by atoms with Crippen LogP contribution >= 0.6 is 0 Å². The van der Waals surface area contributed by atoms with Crippen LogP contribution in [0.2, 0.25) is 0 Å². The maximum atomic E-state index is 13.7. The Hall–Kier alpha value is -3.75. The highest BCUT2D eigenvalue weighted by atomic mass is 19.1. The van der Waals surface area contributed by atoms with E-state index in [4.69, 9.17) is 0 Å². The number of carbonyl (C=O) groups is 1. The van der Waals surface area contributed by atoms with E-state index in [1.54, 1.807) is 56.9 Å². The van der Waals surface area contributed by atoms with Gasteiger partial charge in [-0.15, -0.1) is 0 Å². The molecule has 1 amide bonds. The quantitative estimate of drug-likeness (QED) is 0.568. The molecule has 0 atom stereocenters. The molecule has 136 valence electrons. The average Bonchev–Trinajstić information content (AvgIpc) is 3.40. The maximum Gasteiger partial charge on any atom is 0.276 e. The second-order valence-corrected chi connectivity index (χ2v) is 5.90. The van der Waals surface area contributed by atoms with Crippen molar-refractivity contribution in [3.05, 3.63) is 84.5 Å². The van der Waals surface area contributed by atoms with Crippen molar-refractivity contribution in [2.75, 3.05) is 5.32 Å². The minimum atomic E-state index is -0.348. The van der Waals surface area contributed by atoms with Gasteiger partial charge in [0.05, 0.1) is 18.4 Å². The average molecular weight is 365 g/mol. The molecular weight excluding hydrogens is 349 g/mol. The van der Waals surface area contributed by atoms with Crippen LogP contribution in [0, 0.1) is 5.82 Å². The van der Waals surface area contributed by atoms with Crippen LogP contribution in [-0.4, -0.2) is 35.2 Å². The first kappa shape index (κ1) is 16.7. The summed E-state index contributed by atoms with van der Waals surface area (Å²) in [5.74, 6) is -0.638. The molecule has 0 fully saturated rings. The summed E-state index contributed by atoms with van der Waals surface area (Å²) in [6.45, 7) is 0.696. The highest BCUT2D eigenvalue weighted by molar-refractivity contribution is 6.02. The van der Waals surface area contributed by atoms with Crippen LogP contribution < -0.4 is 5.32 Å². The van der Waals surface area contributed by atoms with Crippen molar-refractivity contribution in [2.45, 2.75) is 13.2 Å². The molecule has 0 aliphatic carbocycles. The molecule has 1 aromatic carbocycles. The molecule has 9 heteroatoms. The first-order valence-electron chi connectivity index (χ1n) is 8.25. The molecule has 0 saturated carbocycles. The van der Waals surface area contributed by atoms with Gasteiger partial charge in [0.25, 0.3) is 5.91 Å². The Morgan fingerprint density at radius 1 is 1.04 bits per heavy atom. The van der Waals surface area contributed by atoms with Gasteiger partial charge in [-0.05, 0) is 18.2 Å². The summed E-state index contributed by atoms with van der Waals surface area (Å²) >= 11 is 0. The molecule has 0 saturated heterocycles. The van der Waals surface area contributed by atoms with Gasteiger partial charge in [-0.3, -0.25) is 18.8 Å². The third-order valence-corrected chi connectivity index (χ3v) is 3.90. The summed E-state index contributed by atoms with van der Waals surface area (Å²) in [6.07, 6.45) is 8.35. The second kappa shape index (κ2) is 7.24. The van der Waals surface area contributed by atoms with Gasteiger partial charge in [0.15, 0.2) is 5.69 Å². The van der Waals surface area contributed by atoms with E-state index in [0.29, 0.717) is 17.9 Å². The zero-order valence-electron chi connectivity index (χ0n) is 14.2. The summed E-state index contributed by atoms with van der Waals surface area (Å²) in [5.41, 5.74) is 1.32. The summed E-state index contributed by atoms with van der Waals surface area (Å²) in [5, 5.41) is 15.2. The van der Waals surface area contributed by atoms with Crippen LogP contribution in [0.15, 0.2) is 67.4 Å². The van der Waals surface area contributed by atoms with Crippen LogP contribution in [0.25, 0.3) is 0 Å². The predicted molar refractivity (Wildman–Crippen MR) is 95.5 cm³/mol. The number of nitrogens with one attached hydrogen (secondary N) is 1. The molecule has 3 heterocycles. The van der Waals surface area contributed by atoms with E-state index in [2.05, 4.69) is 20.6 Å². The number of hydrogen-bond donors (Lipinski definition) is 1. The molecule has 0 aliphatic rings. The number of aromatic nitrogens is 6. The largest absolute Gasteiger partial charge is 0.318 e. The Labute approximate surface area is 153 Å². The van der Waals surface area contributed by atoms with Crippen molar-refractivity contribution in [1.82, 2.24) is 29.3 Å². The number of amides is 1. The van der Waals surface area contributed by atoms with E-state index in [1.807, 2.05) is 12.3 Å². The molecule has 1 N–H and O–H groups in total. The van der Waals surface area contributed by atoms with Crippen molar-refractivity contribution in [2.24, 2.45) is 0 Å². The molecule has 0 aliphatic heterocycles. The van der Waals surface area contributed by atoms with Gasteiger partial charge in [-0.1, -0.05) is 18.2 Å². The minimum Gasteiger partial charge on any atom is -0.318 e. The summed E-state index contributed by atoms with van der Waals surface area (Å²) in [4.78, 5) is 12.3. The third-order valence-electron chi connectivity index (χ3n) is 3.90. The number of benzene rings is 1. The first-order chi connectivity index (χ1) is 13.2. The van der Waals surface area contributed by atoms with E-state index in [-0.39, 0.29) is 24.0 Å². The lowest BCUT2D eigenvalue weighted by molar-refractivity contribution is 0.102. The smallest absolute Gasteiger partial charge is 0.276 e. The SMILES string of the molecule is O=C(Nc1cnn(Cc2ccccc2F)c1)c1ccn(Cn2cccn2)n1. The molecular formula is C18H16FN7O. The molecule has 3 aromatic heterocycles. The Balaban J connectivity index is 1.39. The van der Waals surface area contributed by atoms with Crippen molar-refractivity contribution in [3.63, 3.8) is 0 Å². The lowest BCUT2D eigenvalue weighted by atomic mass is 10.2. The van der Waals surface area contributed by atoms with Crippen LogP contribution in [-0.2, 0) is 13.2 Å². The lowest BCUT2D eigenvalue weighted by Gasteiger charge is -2.03. The highest BCUT2D eigenvalue weighted by Crippen LogP contribution is 2.12. The van der Waals surface area contributed by atoms with E-state index in [1.165, 1.54) is 12.3 Å². The Bertz CT molecular complexity index is 1050. The fourth-order valence-corrected chi connectivity index (χ4v) is 2.60. The predicted octanol–water partition coefficient (Wildman–Crippen LogP) is 2.22. The molecule has 8 nitrogen and oxygen atoms in total. The van der Waals surface area contributed by atoms with Crippen molar-refractivity contribution in [3.8, 4) is 0 Å². The number of hydrogen-bond acceptors (Lipinski definition) is 4. The van der Waals surface area contributed by atoms with Crippen molar-refractivity contribution >= 4 is 11.6 Å². The molecule has 0 radical (unpaired) electrons. The first-order valence-corrected chi connectivity index (χ1v) is 8.25. The lowest BCUT2D eigenvalue weighted by Crippen LogP contribution is -2.14. The number of halogens is 1. The number of nitrogens with zero attached hydrogens (tertiary/aromatic N) is 6. The number of carbonyl (C=O) groups excluding carboxylic acids is 1. The standard InChI is InChI=1S/C18H16FN7O/c19-16-5-2-1-4-14(16)11-26-12-15(10-21-26)22-18(27)17-6-9-25(23-17)13-24-8-3-7-20-24/h1-10,12H,11,13H2,(H,22,27). The molecule has 4 aromatic rings. The molecule has 27 heavy (non-hydrogen) atoms. The van der Waals surface area contributed by atoms with E-state index < -0.39 is 0 Å². The minimum absolute atomic E-state index is 0.279. The Morgan fingerprint density at radius 2 is 1.93 bits per heavy atom. The molecule has 0 unspecified atom stereocenters. The molecule has 0 spiro atoms. The van der Waals surface area contributed by atoms with Crippen LogP contribution in [0.3, 0.4) is 0 Å². The normalized spacial score (nSPS) is 10.9. The van der Waals surface area contributed by atoms with Crippen molar-refractivity contribution < 1.29 is 9.18 Å². The monoisotopic (exact) mass is 365 g/mol. The molecule has 4 rings (SSSR count). The van der Waals surface area contributed by atoms with Gasteiger partial charge in [0, 0.05) is 30.4 Å². The van der Waals surface area contributed by atoms with Crippen LogP contribution in [0.4, 0.5) is 10.1 Å². The van der Waals surface area contributed by atoms with Gasteiger partial charge in [0.1, 0.15) is 12.5 Å². The maximum absolute atomic E-state index is 13.7. The fraction of sp³-hybridized carbons (Fsp3) is 0.111. The summed E-state index contributed by atoms with van der Waals surface area (Å²) in [7, 11) is 0. The topological polar surface area (TPSA) is 82.6 Å². The van der Waals surface area contributed by atoms with Crippen LogP contribution in [0.5, 0.6) is 0 Å². The third kappa shape index (κ3) is 3.92.